The number of carbonyl (C=O) groups is 1. The SMILES string of the molecule is N#CCc1ccc(NCc2ccc(CC(=O)O)s2)cc1. The van der Waals surface area contributed by atoms with Crippen LogP contribution >= 0.6 is 11.3 Å². The van der Waals surface area contributed by atoms with E-state index in [0.717, 1.165) is 21.0 Å². The largest absolute Gasteiger partial charge is 0.481 e. The summed E-state index contributed by atoms with van der Waals surface area (Å²) < 4.78 is 0. The third kappa shape index (κ3) is 4.11. The minimum Gasteiger partial charge on any atom is -0.481 e. The summed E-state index contributed by atoms with van der Waals surface area (Å²) in [5.74, 6) is -0.806. The van der Waals surface area contributed by atoms with Gasteiger partial charge >= 0.3 is 5.97 Å². The van der Waals surface area contributed by atoms with Gasteiger partial charge in [-0.15, -0.1) is 11.3 Å². The van der Waals surface area contributed by atoms with Gasteiger partial charge in [-0.1, -0.05) is 12.1 Å². The fourth-order valence-electron chi connectivity index (χ4n) is 1.78. The maximum Gasteiger partial charge on any atom is 0.308 e. The highest BCUT2D eigenvalue weighted by atomic mass is 32.1. The van der Waals surface area contributed by atoms with Crippen LogP contribution in [0, 0.1) is 11.3 Å². The lowest BCUT2D eigenvalue weighted by Crippen LogP contribution is -1.98. The summed E-state index contributed by atoms with van der Waals surface area (Å²) in [4.78, 5) is 12.6. The highest BCUT2D eigenvalue weighted by Gasteiger charge is 2.04. The first kappa shape index (κ1) is 14.1. The van der Waals surface area contributed by atoms with Crippen molar-refractivity contribution in [2.45, 2.75) is 19.4 Å². The van der Waals surface area contributed by atoms with Gasteiger partial charge in [-0.05, 0) is 29.8 Å². The van der Waals surface area contributed by atoms with E-state index in [2.05, 4.69) is 11.4 Å². The molecule has 2 rings (SSSR count). The Hall–Kier alpha value is -2.32. The van der Waals surface area contributed by atoms with Crippen LogP contribution in [0.25, 0.3) is 0 Å². The molecule has 1 heterocycles. The van der Waals surface area contributed by atoms with E-state index in [9.17, 15) is 4.79 Å². The molecule has 0 bridgehead atoms. The molecule has 0 radical (unpaired) electrons. The minimum absolute atomic E-state index is 0.0769. The molecule has 20 heavy (non-hydrogen) atoms. The Bertz CT molecular complexity index is 626. The number of benzene rings is 1. The summed E-state index contributed by atoms with van der Waals surface area (Å²) in [6.45, 7) is 0.669. The monoisotopic (exact) mass is 286 g/mol. The van der Waals surface area contributed by atoms with E-state index < -0.39 is 5.97 Å². The van der Waals surface area contributed by atoms with Gasteiger partial charge in [0.2, 0.25) is 0 Å². The molecule has 102 valence electrons. The molecular weight excluding hydrogens is 272 g/mol. The third-order valence-electron chi connectivity index (χ3n) is 2.75. The summed E-state index contributed by atoms with van der Waals surface area (Å²) in [5.41, 5.74) is 1.98. The Morgan fingerprint density at radius 3 is 2.55 bits per heavy atom. The molecule has 2 N–H and O–H groups in total. The van der Waals surface area contributed by atoms with Gasteiger partial charge in [0.1, 0.15) is 0 Å². The minimum atomic E-state index is -0.806. The van der Waals surface area contributed by atoms with Crippen LogP contribution in [0.1, 0.15) is 15.3 Å². The van der Waals surface area contributed by atoms with Crippen molar-refractivity contribution >= 4 is 23.0 Å². The Balaban J connectivity index is 1.90. The highest BCUT2D eigenvalue weighted by molar-refractivity contribution is 7.12. The number of nitrogens with zero attached hydrogens (tertiary/aromatic N) is 1. The number of thiophene rings is 1. The molecule has 0 aliphatic heterocycles. The second kappa shape index (κ2) is 6.73. The first-order valence-corrected chi connectivity index (χ1v) is 6.98. The molecule has 0 amide bonds. The Morgan fingerprint density at radius 2 is 1.90 bits per heavy atom. The molecule has 0 aliphatic rings. The number of anilines is 1. The summed E-state index contributed by atoms with van der Waals surface area (Å²) in [6, 6.07) is 13.6. The van der Waals surface area contributed by atoms with Gasteiger partial charge < -0.3 is 10.4 Å². The summed E-state index contributed by atoms with van der Waals surface area (Å²) in [6.07, 6.45) is 0.497. The topological polar surface area (TPSA) is 73.1 Å². The molecule has 0 fully saturated rings. The highest BCUT2D eigenvalue weighted by Crippen LogP contribution is 2.19. The van der Waals surface area contributed by atoms with Crippen LogP contribution in [0.3, 0.4) is 0 Å². The Morgan fingerprint density at radius 1 is 1.20 bits per heavy atom. The lowest BCUT2D eigenvalue weighted by Gasteiger charge is -2.05. The molecule has 0 atom stereocenters. The van der Waals surface area contributed by atoms with Crippen molar-refractivity contribution in [2.24, 2.45) is 0 Å². The number of nitrogens with one attached hydrogen (secondary N) is 1. The maximum absolute atomic E-state index is 10.6. The summed E-state index contributed by atoms with van der Waals surface area (Å²) in [7, 11) is 0. The number of carboxylic acids is 1. The molecule has 5 heteroatoms. The van der Waals surface area contributed by atoms with E-state index in [0.29, 0.717) is 13.0 Å². The lowest BCUT2D eigenvalue weighted by atomic mass is 10.1. The van der Waals surface area contributed by atoms with Gasteiger partial charge in [0.05, 0.1) is 18.9 Å². The maximum atomic E-state index is 10.6. The van der Waals surface area contributed by atoms with Crippen LogP contribution in [-0.2, 0) is 24.2 Å². The summed E-state index contributed by atoms with van der Waals surface area (Å²) >= 11 is 1.51. The van der Waals surface area contributed by atoms with Crippen LogP contribution in [0.4, 0.5) is 5.69 Å². The molecule has 0 saturated carbocycles. The number of aliphatic carboxylic acids is 1. The first-order valence-electron chi connectivity index (χ1n) is 6.16. The van der Waals surface area contributed by atoms with E-state index in [1.54, 1.807) is 0 Å². The van der Waals surface area contributed by atoms with Crippen LogP contribution in [0.2, 0.25) is 0 Å². The van der Waals surface area contributed by atoms with Gasteiger partial charge in [-0.2, -0.15) is 5.26 Å². The summed E-state index contributed by atoms with van der Waals surface area (Å²) in [5, 5.41) is 20.6. The van der Waals surface area contributed by atoms with E-state index in [1.807, 2.05) is 36.4 Å². The van der Waals surface area contributed by atoms with Gasteiger partial charge in [-0.25, -0.2) is 0 Å². The molecule has 1 aromatic carbocycles. The number of rotatable bonds is 6. The second-order valence-corrected chi connectivity index (χ2v) is 5.58. The zero-order valence-corrected chi connectivity index (χ0v) is 11.6. The predicted molar refractivity (Wildman–Crippen MR) is 78.7 cm³/mol. The quantitative estimate of drug-likeness (QED) is 0.856. The molecule has 0 aliphatic carbocycles. The van der Waals surface area contributed by atoms with Gasteiger partial charge in [0.25, 0.3) is 0 Å². The lowest BCUT2D eigenvalue weighted by molar-refractivity contribution is -0.136. The van der Waals surface area contributed by atoms with Crippen molar-refractivity contribution in [1.29, 1.82) is 5.26 Å². The Kier molecular flexibility index (Phi) is 4.75. The third-order valence-corrected chi connectivity index (χ3v) is 3.83. The Labute approximate surface area is 121 Å². The number of nitriles is 1. The van der Waals surface area contributed by atoms with Gasteiger partial charge in [0, 0.05) is 22.0 Å². The van der Waals surface area contributed by atoms with Crippen molar-refractivity contribution in [3.8, 4) is 6.07 Å². The molecule has 0 spiro atoms. The van der Waals surface area contributed by atoms with Gasteiger partial charge in [0.15, 0.2) is 0 Å². The van der Waals surface area contributed by atoms with Crippen molar-refractivity contribution in [3.63, 3.8) is 0 Å². The molecule has 4 nitrogen and oxygen atoms in total. The van der Waals surface area contributed by atoms with E-state index in [1.165, 1.54) is 11.3 Å². The zero-order valence-electron chi connectivity index (χ0n) is 10.8. The average molecular weight is 286 g/mol. The van der Waals surface area contributed by atoms with Crippen molar-refractivity contribution in [3.05, 3.63) is 51.7 Å². The number of hydrogen-bond acceptors (Lipinski definition) is 4. The standard InChI is InChI=1S/C15H14N2O2S/c16-8-7-11-1-3-12(4-2-11)17-10-14-6-5-13(20-14)9-15(18)19/h1-6,17H,7,9-10H2,(H,18,19). The number of carboxylic acid groups (broad SMARTS) is 1. The fraction of sp³-hybridized carbons (Fsp3) is 0.200. The predicted octanol–water partition coefficient (Wildman–Crippen LogP) is 3.05. The van der Waals surface area contributed by atoms with Gasteiger partial charge in [-0.3, -0.25) is 4.79 Å². The molecule has 2 aromatic rings. The van der Waals surface area contributed by atoms with E-state index >= 15 is 0 Å². The number of hydrogen-bond donors (Lipinski definition) is 2. The van der Waals surface area contributed by atoms with Crippen LogP contribution < -0.4 is 5.32 Å². The second-order valence-electron chi connectivity index (χ2n) is 4.32. The smallest absolute Gasteiger partial charge is 0.308 e. The van der Waals surface area contributed by atoms with Crippen molar-refractivity contribution in [2.75, 3.05) is 5.32 Å². The van der Waals surface area contributed by atoms with Crippen molar-refractivity contribution < 1.29 is 9.90 Å². The van der Waals surface area contributed by atoms with E-state index in [-0.39, 0.29) is 6.42 Å². The average Bonchev–Trinajstić information content (AvgIpc) is 2.85. The normalized spacial score (nSPS) is 9.95. The van der Waals surface area contributed by atoms with Crippen LogP contribution in [0.5, 0.6) is 0 Å². The molecular formula is C15H14N2O2S. The molecule has 0 unspecified atom stereocenters. The first-order chi connectivity index (χ1) is 9.67. The fourth-order valence-corrected chi connectivity index (χ4v) is 2.73. The van der Waals surface area contributed by atoms with E-state index in [4.69, 9.17) is 10.4 Å². The van der Waals surface area contributed by atoms with Crippen molar-refractivity contribution in [1.82, 2.24) is 0 Å². The molecule has 0 saturated heterocycles. The molecule has 1 aromatic heterocycles. The zero-order chi connectivity index (χ0) is 14.4. The van der Waals surface area contributed by atoms with Crippen LogP contribution in [0.15, 0.2) is 36.4 Å². The van der Waals surface area contributed by atoms with Crippen LogP contribution in [-0.4, -0.2) is 11.1 Å².